The van der Waals surface area contributed by atoms with Crippen molar-refractivity contribution in [1.82, 2.24) is 10.2 Å². The second kappa shape index (κ2) is 5.98. The molecular formula is C11H24N2O2S. The Morgan fingerprint density at radius 3 is 2.75 bits per heavy atom. The molecule has 1 heterocycles. The molecule has 1 N–H and O–H groups in total. The molecule has 5 heteroatoms. The van der Waals surface area contributed by atoms with Crippen LogP contribution in [0.15, 0.2) is 0 Å². The van der Waals surface area contributed by atoms with Crippen molar-refractivity contribution in [2.75, 3.05) is 31.6 Å². The highest BCUT2D eigenvalue weighted by atomic mass is 32.2. The van der Waals surface area contributed by atoms with Crippen molar-refractivity contribution in [3.05, 3.63) is 0 Å². The Morgan fingerprint density at radius 1 is 1.50 bits per heavy atom. The predicted octanol–water partition coefficient (Wildman–Crippen LogP) is 0.493. The molecule has 0 radical (unpaired) electrons. The van der Waals surface area contributed by atoms with E-state index in [-0.39, 0.29) is 11.8 Å². The summed E-state index contributed by atoms with van der Waals surface area (Å²) >= 11 is 0. The highest BCUT2D eigenvalue weighted by Crippen LogP contribution is 2.09. The highest BCUT2D eigenvalue weighted by Gasteiger charge is 2.22. The first kappa shape index (κ1) is 13.9. The van der Waals surface area contributed by atoms with Gasteiger partial charge < -0.3 is 5.32 Å². The standard InChI is InChI=1S/C11H24N2O2S/c1-4-11-8-13(7-5-6-12-11)10(2)9-16(3,14)15/h10-12H,4-9H2,1-3H3. The zero-order chi connectivity index (χ0) is 12.2. The minimum Gasteiger partial charge on any atom is -0.313 e. The Balaban J connectivity index is 2.56. The third-order valence-corrected chi connectivity index (χ3v) is 4.26. The van der Waals surface area contributed by atoms with E-state index in [4.69, 9.17) is 0 Å². The molecule has 96 valence electrons. The van der Waals surface area contributed by atoms with Gasteiger partial charge in [-0.25, -0.2) is 8.42 Å². The van der Waals surface area contributed by atoms with Gasteiger partial charge in [0.25, 0.3) is 0 Å². The van der Waals surface area contributed by atoms with Crippen molar-refractivity contribution >= 4 is 9.84 Å². The normalized spacial score (nSPS) is 26.3. The zero-order valence-corrected chi connectivity index (χ0v) is 11.4. The molecule has 0 saturated carbocycles. The fourth-order valence-electron chi connectivity index (χ4n) is 2.24. The van der Waals surface area contributed by atoms with Gasteiger partial charge in [-0.05, 0) is 32.9 Å². The summed E-state index contributed by atoms with van der Waals surface area (Å²) in [6, 6.07) is 0.633. The lowest BCUT2D eigenvalue weighted by Gasteiger charge is -2.29. The van der Waals surface area contributed by atoms with E-state index in [1.165, 1.54) is 6.26 Å². The Labute approximate surface area is 99.3 Å². The fourth-order valence-corrected chi connectivity index (χ4v) is 3.33. The number of hydrogen-bond acceptors (Lipinski definition) is 4. The molecule has 0 spiro atoms. The van der Waals surface area contributed by atoms with Crippen LogP contribution in [0.3, 0.4) is 0 Å². The molecule has 16 heavy (non-hydrogen) atoms. The Bertz CT molecular complexity index is 303. The van der Waals surface area contributed by atoms with Crippen molar-refractivity contribution in [3.63, 3.8) is 0 Å². The summed E-state index contributed by atoms with van der Waals surface area (Å²) in [5, 5.41) is 3.49. The molecule has 2 unspecified atom stereocenters. The molecular weight excluding hydrogens is 224 g/mol. The third-order valence-electron chi connectivity index (χ3n) is 3.17. The van der Waals surface area contributed by atoms with Gasteiger partial charge in [0, 0.05) is 24.9 Å². The molecule has 0 aromatic carbocycles. The Kier molecular flexibility index (Phi) is 5.21. The van der Waals surface area contributed by atoms with Crippen LogP contribution in [-0.2, 0) is 9.84 Å². The molecule has 2 atom stereocenters. The van der Waals surface area contributed by atoms with Crippen LogP contribution in [0.2, 0.25) is 0 Å². The lowest BCUT2D eigenvalue weighted by Crippen LogP contribution is -2.43. The van der Waals surface area contributed by atoms with Gasteiger partial charge in [0.2, 0.25) is 0 Å². The number of nitrogens with one attached hydrogen (secondary N) is 1. The Hall–Kier alpha value is -0.130. The first-order valence-electron chi connectivity index (χ1n) is 6.07. The van der Waals surface area contributed by atoms with Gasteiger partial charge in [-0.2, -0.15) is 0 Å². The largest absolute Gasteiger partial charge is 0.313 e. The van der Waals surface area contributed by atoms with E-state index in [2.05, 4.69) is 17.1 Å². The van der Waals surface area contributed by atoms with E-state index < -0.39 is 9.84 Å². The number of hydrogen-bond donors (Lipinski definition) is 1. The molecule has 0 aromatic rings. The van der Waals surface area contributed by atoms with Crippen LogP contribution >= 0.6 is 0 Å². The summed E-state index contributed by atoms with van der Waals surface area (Å²) in [5.41, 5.74) is 0. The maximum absolute atomic E-state index is 11.3. The Morgan fingerprint density at radius 2 is 2.19 bits per heavy atom. The van der Waals surface area contributed by atoms with Gasteiger partial charge in [0.1, 0.15) is 9.84 Å². The molecule has 0 bridgehead atoms. The minimum atomic E-state index is -2.87. The van der Waals surface area contributed by atoms with E-state index in [1.54, 1.807) is 0 Å². The van der Waals surface area contributed by atoms with Crippen molar-refractivity contribution in [3.8, 4) is 0 Å². The van der Waals surface area contributed by atoms with Gasteiger partial charge in [0.05, 0.1) is 5.75 Å². The van der Waals surface area contributed by atoms with Gasteiger partial charge in [-0.3, -0.25) is 4.90 Å². The monoisotopic (exact) mass is 248 g/mol. The predicted molar refractivity (Wildman–Crippen MR) is 67.4 cm³/mol. The summed E-state index contributed by atoms with van der Waals surface area (Å²) in [6.07, 6.45) is 3.52. The van der Waals surface area contributed by atoms with E-state index in [0.717, 1.165) is 32.5 Å². The quantitative estimate of drug-likeness (QED) is 0.787. The van der Waals surface area contributed by atoms with Crippen LogP contribution < -0.4 is 5.32 Å². The minimum absolute atomic E-state index is 0.129. The zero-order valence-electron chi connectivity index (χ0n) is 10.6. The van der Waals surface area contributed by atoms with Crippen LogP contribution in [0.25, 0.3) is 0 Å². The van der Waals surface area contributed by atoms with Crippen LogP contribution in [-0.4, -0.2) is 57.0 Å². The lowest BCUT2D eigenvalue weighted by atomic mass is 10.2. The summed E-state index contributed by atoms with van der Waals surface area (Å²) in [4.78, 5) is 2.30. The molecule has 1 aliphatic rings. The maximum Gasteiger partial charge on any atom is 0.148 e. The summed E-state index contributed by atoms with van der Waals surface area (Å²) < 4.78 is 22.6. The molecule has 1 saturated heterocycles. The SMILES string of the molecule is CCC1CN(C(C)CS(C)(=O)=O)CCCN1. The van der Waals surface area contributed by atoms with E-state index >= 15 is 0 Å². The molecule has 4 nitrogen and oxygen atoms in total. The van der Waals surface area contributed by atoms with Gasteiger partial charge >= 0.3 is 0 Å². The molecule has 0 aliphatic carbocycles. The molecule has 1 aliphatic heterocycles. The van der Waals surface area contributed by atoms with Crippen LogP contribution in [0, 0.1) is 0 Å². The topological polar surface area (TPSA) is 49.4 Å². The van der Waals surface area contributed by atoms with Crippen molar-refractivity contribution in [2.24, 2.45) is 0 Å². The van der Waals surface area contributed by atoms with E-state index in [9.17, 15) is 8.42 Å². The molecule has 1 rings (SSSR count). The lowest BCUT2D eigenvalue weighted by molar-refractivity contribution is 0.217. The maximum atomic E-state index is 11.3. The van der Waals surface area contributed by atoms with Gasteiger partial charge in [-0.1, -0.05) is 6.92 Å². The van der Waals surface area contributed by atoms with Crippen LogP contribution in [0.5, 0.6) is 0 Å². The van der Waals surface area contributed by atoms with Crippen molar-refractivity contribution < 1.29 is 8.42 Å². The second-order valence-corrected chi connectivity index (χ2v) is 7.03. The summed E-state index contributed by atoms with van der Waals surface area (Å²) in [6.45, 7) is 7.19. The fraction of sp³-hybridized carbons (Fsp3) is 1.00. The van der Waals surface area contributed by atoms with Crippen molar-refractivity contribution in [1.29, 1.82) is 0 Å². The number of rotatable bonds is 4. The summed E-state index contributed by atoms with van der Waals surface area (Å²) in [5.74, 6) is 0.267. The van der Waals surface area contributed by atoms with Crippen LogP contribution in [0.1, 0.15) is 26.7 Å². The molecule has 0 amide bonds. The number of nitrogens with zero attached hydrogens (tertiary/aromatic N) is 1. The van der Waals surface area contributed by atoms with E-state index in [0.29, 0.717) is 6.04 Å². The average Bonchev–Trinajstić information content (AvgIpc) is 2.39. The third kappa shape index (κ3) is 4.80. The van der Waals surface area contributed by atoms with Gasteiger partial charge in [-0.15, -0.1) is 0 Å². The van der Waals surface area contributed by atoms with Crippen LogP contribution in [0.4, 0.5) is 0 Å². The van der Waals surface area contributed by atoms with Crippen molar-refractivity contribution in [2.45, 2.75) is 38.8 Å². The highest BCUT2D eigenvalue weighted by molar-refractivity contribution is 7.90. The first-order chi connectivity index (χ1) is 7.42. The summed E-state index contributed by atoms with van der Waals surface area (Å²) in [7, 11) is -2.87. The molecule has 1 fully saturated rings. The smallest absolute Gasteiger partial charge is 0.148 e. The molecule has 0 aromatic heterocycles. The second-order valence-electron chi connectivity index (χ2n) is 4.85. The van der Waals surface area contributed by atoms with E-state index in [1.807, 2.05) is 6.92 Å². The van der Waals surface area contributed by atoms with Gasteiger partial charge in [0.15, 0.2) is 0 Å². The average molecular weight is 248 g/mol. The first-order valence-corrected chi connectivity index (χ1v) is 8.13. The number of sulfone groups is 1.